The van der Waals surface area contributed by atoms with Crippen molar-refractivity contribution in [3.05, 3.63) is 129 Å². The minimum Gasteiger partial charge on any atom is -0.422 e. The molecular formula is C34H28Cl2N4O6. The van der Waals surface area contributed by atoms with Crippen LogP contribution in [0.4, 0.5) is 0 Å². The zero-order valence-corrected chi connectivity index (χ0v) is 25.8. The molecule has 12 heteroatoms. The quantitative estimate of drug-likeness (QED) is 0.0547. The van der Waals surface area contributed by atoms with Gasteiger partial charge in [-0.2, -0.15) is 10.2 Å². The van der Waals surface area contributed by atoms with Gasteiger partial charge >= 0.3 is 11.9 Å². The number of hydrogen-bond donors (Lipinski definition) is 2. The molecule has 4 rings (SSSR count). The van der Waals surface area contributed by atoms with Gasteiger partial charge in [0.2, 0.25) is 11.8 Å². The van der Waals surface area contributed by atoms with Gasteiger partial charge in [-0.15, -0.1) is 0 Å². The molecule has 0 atom stereocenters. The van der Waals surface area contributed by atoms with Crippen LogP contribution < -0.4 is 20.3 Å². The van der Waals surface area contributed by atoms with Gasteiger partial charge < -0.3 is 9.47 Å². The van der Waals surface area contributed by atoms with E-state index in [0.29, 0.717) is 45.1 Å². The molecule has 0 aliphatic rings. The van der Waals surface area contributed by atoms with E-state index in [2.05, 4.69) is 21.1 Å². The van der Waals surface area contributed by atoms with Gasteiger partial charge in [0.25, 0.3) is 0 Å². The summed E-state index contributed by atoms with van der Waals surface area (Å²) in [7, 11) is 0. The lowest BCUT2D eigenvalue weighted by Gasteiger charge is -2.07. The molecular weight excluding hydrogens is 631 g/mol. The van der Waals surface area contributed by atoms with Crippen LogP contribution in [-0.2, 0) is 9.59 Å². The van der Waals surface area contributed by atoms with Crippen molar-refractivity contribution in [2.24, 2.45) is 10.2 Å². The summed E-state index contributed by atoms with van der Waals surface area (Å²) in [5, 5.41) is 8.92. The summed E-state index contributed by atoms with van der Waals surface area (Å²) >= 11 is 11.7. The highest BCUT2D eigenvalue weighted by Crippen LogP contribution is 2.20. The number of rotatable bonds is 13. The fourth-order valence-electron chi connectivity index (χ4n) is 3.88. The van der Waals surface area contributed by atoms with Crippen molar-refractivity contribution in [2.45, 2.75) is 25.7 Å². The summed E-state index contributed by atoms with van der Waals surface area (Å²) in [6.45, 7) is 0. The van der Waals surface area contributed by atoms with E-state index in [-0.39, 0.29) is 36.2 Å². The lowest BCUT2D eigenvalue weighted by atomic mass is 10.2. The van der Waals surface area contributed by atoms with Crippen LogP contribution in [0.15, 0.2) is 107 Å². The maximum absolute atomic E-state index is 12.4. The van der Waals surface area contributed by atoms with Crippen LogP contribution in [0.25, 0.3) is 0 Å². The fourth-order valence-corrected chi connectivity index (χ4v) is 4.13. The Morgan fingerprint density at radius 2 is 0.935 bits per heavy atom. The number of nitrogens with one attached hydrogen (secondary N) is 2. The Morgan fingerprint density at radius 1 is 0.565 bits per heavy atom. The molecule has 0 aliphatic carbocycles. The fraction of sp³-hybridized carbons (Fsp3) is 0.118. The van der Waals surface area contributed by atoms with Crippen molar-refractivity contribution in [3.63, 3.8) is 0 Å². The standard InChI is InChI=1S/C34H28Cl2N4O6/c35-27-17-13-23(14-18-27)33(43)45-29-9-3-1-7-25(29)21-37-39-31(41)11-5-6-12-32(42)40-38-22-26-8-2-4-10-30(26)46-34(44)24-15-19-28(36)20-16-24/h1-4,7-10,13-22H,5-6,11-12H2,(H,39,41)(H,40,42)/b37-21-,38-22-. The van der Waals surface area contributed by atoms with E-state index in [0.717, 1.165) is 0 Å². The van der Waals surface area contributed by atoms with Gasteiger partial charge in [-0.25, -0.2) is 20.4 Å². The van der Waals surface area contributed by atoms with Crippen molar-refractivity contribution in [2.75, 3.05) is 0 Å². The molecule has 2 amide bonds. The van der Waals surface area contributed by atoms with E-state index in [4.69, 9.17) is 32.7 Å². The molecule has 46 heavy (non-hydrogen) atoms. The highest BCUT2D eigenvalue weighted by atomic mass is 35.5. The Bertz CT molecular complexity index is 1610. The van der Waals surface area contributed by atoms with Gasteiger partial charge in [0.1, 0.15) is 11.5 Å². The number of esters is 2. The SMILES string of the molecule is O=C(CCCCC(=O)N/N=C\c1ccccc1OC(=O)c1ccc(Cl)cc1)N/N=C\c1ccccc1OC(=O)c1ccc(Cl)cc1. The zero-order chi connectivity index (χ0) is 32.7. The number of hydrogen-bond acceptors (Lipinski definition) is 8. The summed E-state index contributed by atoms with van der Waals surface area (Å²) in [6, 6.07) is 26.1. The van der Waals surface area contributed by atoms with E-state index in [1.54, 1.807) is 97.1 Å². The molecule has 2 N–H and O–H groups in total. The number of halogens is 2. The summed E-state index contributed by atoms with van der Waals surface area (Å²) in [6.07, 6.45) is 3.94. The number of carbonyl (C=O) groups is 4. The molecule has 234 valence electrons. The van der Waals surface area contributed by atoms with Crippen LogP contribution in [0.5, 0.6) is 11.5 Å². The molecule has 0 aromatic heterocycles. The van der Waals surface area contributed by atoms with Gasteiger partial charge in [0.15, 0.2) is 0 Å². The minimum atomic E-state index is -0.558. The van der Waals surface area contributed by atoms with E-state index < -0.39 is 11.9 Å². The molecule has 4 aromatic carbocycles. The Balaban J connectivity index is 1.16. The molecule has 0 saturated heterocycles. The van der Waals surface area contributed by atoms with Crippen molar-refractivity contribution < 1.29 is 28.7 Å². The average molecular weight is 660 g/mol. The lowest BCUT2D eigenvalue weighted by molar-refractivity contribution is -0.123. The van der Waals surface area contributed by atoms with Crippen molar-refractivity contribution in [1.29, 1.82) is 0 Å². The first kappa shape index (κ1) is 33.6. The summed E-state index contributed by atoms with van der Waals surface area (Å²) in [4.78, 5) is 49.3. The maximum atomic E-state index is 12.4. The molecule has 4 aromatic rings. The summed E-state index contributed by atoms with van der Waals surface area (Å²) < 4.78 is 10.9. The van der Waals surface area contributed by atoms with Gasteiger partial charge in [0, 0.05) is 34.0 Å². The predicted molar refractivity (Wildman–Crippen MR) is 176 cm³/mol. The van der Waals surface area contributed by atoms with Gasteiger partial charge in [-0.05, 0) is 85.6 Å². The Morgan fingerprint density at radius 3 is 1.33 bits per heavy atom. The third-order valence-electron chi connectivity index (χ3n) is 6.25. The molecule has 0 saturated carbocycles. The second kappa shape index (κ2) is 17.2. The zero-order valence-electron chi connectivity index (χ0n) is 24.3. The van der Waals surface area contributed by atoms with Crippen molar-refractivity contribution in [1.82, 2.24) is 10.9 Å². The lowest BCUT2D eigenvalue weighted by Crippen LogP contribution is -2.19. The number of amides is 2. The number of ether oxygens (including phenoxy) is 2. The third kappa shape index (κ3) is 10.7. The first-order chi connectivity index (χ1) is 22.3. The molecule has 10 nitrogen and oxygen atoms in total. The molecule has 0 spiro atoms. The minimum absolute atomic E-state index is 0.146. The molecule has 0 heterocycles. The van der Waals surface area contributed by atoms with Crippen LogP contribution in [0.2, 0.25) is 10.0 Å². The highest BCUT2D eigenvalue weighted by molar-refractivity contribution is 6.31. The maximum Gasteiger partial charge on any atom is 0.343 e. The normalized spacial score (nSPS) is 10.9. The second-order valence-corrected chi connectivity index (χ2v) is 10.5. The van der Waals surface area contributed by atoms with Crippen LogP contribution in [-0.4, -0.2) is 36.2 Å². The van der Waals surface area contributed by atoms with Gasteiger partial charge in [0.05, 0.1) is 23.6 Å². The molecule has 0 radical (unpaired) electrons. The first-order valence-corrected chi connectivity index (χ1v) is 14.8. The predicted octanol–water partition coefficient (Wildman–Crippen LogP) is 6.59. The topological polar surface area (TPSA) is 136 Å². The summed E-state index contributed by atoms with van der Waals surface area (Å²) in [5.41, 5.74) is 6.52. The van der Waals surface area contributed by atoms with Gasteiger partial charge in [-0.3, -0.25) is 9.59 Å². The van der Waals surface area contributed by atoms with E-state index in [1.165, 1.54) is 12.4 Å². The third-order valence-corrected chi connectivity index (χ3v) is 6.75. The summed E-state index contributed by atoms with van der Waals surface area (Å²) in [5.74, 6) is -1.24. The van der Waals surface area contributed by atoms with Crippen LogP contribution >= 0.6 is 23.2 Å². The molecule has 0 unspecified atom stereocenters. The first-order valence-electron chi connectivity index (χ1n) is 14.1. The van der Waals surface area contributed by atoms with Crippen molar-refractivity contribution >= 4 is 59.4 Å². The van der Waals surface area contributed by atoms with Crippen LogP contribution in [0.1, 0.15) is 57.5 Å². The number of para-hydroxylation sites is 2. The number of benzene rings is 4. The Labute approximate surface area is 275 Å². The van der Waals surface area contributed by atoms with Crippen molar-refractivity contribution in [3.8, 4) is 11.5 Å². The Hall–Kier alpha value is -5.32. The van der Waals surface area contributed by atoms with E-state index >= 15 is 0 Å². The highest BCUT2D eigenvalue weighted by Gasteiger charge is 2.12. The average Bonchev–Trinajstić information content (AvgIpc) is 3.05. The van der Waals surface area contributed by atoms with Crippen LogP contribution in [0, 0.1) is 0 Å². The Kier molecular flexibility index (Phi) is 12.6. The number of carbonyl (C=O) groups excluding carboxylic acids is 4. The molecule has 0 bridgehead atoms. The number of hydrazone groups is 2. The molecule has 0 aliphatic heterocycles. The van der Waals surface area contributed by atoms with Gasteiger partial charge in [-0.1, -0.05) is 47.5 Å². The smallest absolute Gasteiger partial charge is 0.343 e. The van der Waals surface area contributed by atoms with Crippen LogP contribution in [0.3, 0.4) is 0 Å². The van der Waals surface area contributed by atoms with E-state index in [9.17, 15) is 19.2 Å². The molecule has 0 fully saturated rings. The number of nitrogens with zero attached hydrogens (tertiary/aromatic N) is 2. The largest absolute Gasteiger partial charge is 0.422 e. The monoisotopic (exact) mass is 658 g/mol. The second-order valence-electron chi connectivity index (χ2n) is 9.66. The van der Waals surface area contributed by atoms with E-state index in [1.807, 2.05) is 0 Å². The number of unbranched alkanes of at least 4 members (excludes halogenated alkanes) is 1.